The second kappa shape index (κ2) is 9.47. The number of halogens is 1. The first-order chi connectivity index (χ1) is 16.9. The molecule has 7 heteroatoms. The van der Waals surface area contributed by atoms with Crippen LogP contribution < -0.4 is 5.32 Å². The summed E-state index contributed by atoms with van der Waals surface area (Å²) in [5, 5.41) is 4.76. The molecule has 1 unspecified atom stereocenters. The fourth-order valence-electron chi connectivity index (χ4n) is 4.71. The third-order valence-corrected chi connectivity index (χ3v) is 6.60. The van der Waals surface area contributed by atoms with Gasteiger partial charge in [0.05, 0.1) is 18.2 Å². The number of benzene rings is 3. The fraction of sp³-hybridized carbons (Fsp3) is 0.214. The third-order valence-electron chi connectivity index (χ3n) is 6.37. The molecule has 4 aromatic rings. The van der Waals surface area contributed by atoms with E-state index in [9.17, 15) is 9.59 Å². The molecule has 1 aromatic heterocycles. The van der Waals surface area contributed by atoms with Crippen LogP contribution in [0.25, 0.3) is 10.9 Å². The summed E-state index contributed by atoms with van der Waals surface area (Å²) in [5.74, 6) is -0.416. The molecule has 6 nitrogen and oxygen atoms in total. The lowest BCUT2D eigenvalue weighted by Gasteiger charge is -2.36. The van der Waals surface area contributed by atoms with Crippen LogP contribution in [0.3, 0.4) is 0 Å². The number of esters is 1. The van der Waals surface area contributed by atoms with E-state index in [4.69, 9.17) is 16.3 Å². The van der Waals surface area contributed by atoms with Crippen molar-refractivity contribution in [2.75, 3.05) is 18.5 Å². The van der Waals surface area contributed by atoms with Crippen molar-refractivity contribution in [3.8, 4) is 0 Å². The van der Waals surface area contributed by atoms with E-state index in [1.807, 2.05) is 30.0 Å². The number of aromatic nitrogens is 1. The van der Waals surface area contributed by atoms with Gasteiger partial charge in [0.25, 0.3) is 0 Å². The van der Waals surface area contributed by atoms with Crippen molar-refractivity contribution in [3.63, 3.8) is 0 Å². The average molecular weight is 488 g/mol. The molecule has 1 atom stereocenters. The lowest BCUT2D eigenvalue weighted by Crippen LogP contribution is -2.43. The zero-order valence-electron chi connectivity index (χ0n) is 19.6. The van der Waals surface area contributed by atoms with Crippen molar-refractivity contribution < 1.29 is 14.3 Å². The number of aromatic amines is 1. The Kier molecular flexibility index (Phi) is 6.22. The first-order valence-corrected chi connectivity index (χ1v) is 12.0. The second-order valence-corrected chi connectivity index (χ2v) is 9.13. The van der Waals surface area contributed by atoms with E-state index < -0.39 is 5.97 Å². The van der Waals surface area contributed by atoms with Crippen LogP contribution in [-0.4, -0.2) is 35.0 Å². The highest BCUT2D eigenvalue weighted by atomic mass is 35.5. The van der Waals surface area contributed by atoms with Crippen LogP contribution in [0.4, 0.5) is 10.5 Å². The smallest absolute Gasteiger partial charge is 0.338 e. The molecular formula is C28H26ClN3O3. The number of urea groups is 1. The zero-order chi connectivity index (χ0) is 24.5. The van der Waals surface area contributed by atoms with E-state index in [-0.39, 0.29) is 12.1 Å². The van der Waals surface area contributed by atoms with Crippen molar-refractivity contribution in [3.05, 3.63) is 99.7 Å². The van der Waals surface area contributed by atoms with Gasteiger partial charge in [0.2, 0.25) is 0 Å². The number of fused-ring (bicyclic) bond motifs is 3. The van der Waals surface area contributed by atoms with E-state index >= 15 is 0 Å². The van der Waals surface area contributed by atoms with Crippen LogP contribution in [0.2, 0.25) is 5.02 Å². The lowest BCUT2D eigenvalue weighted by atomic mass is 9.92. The van der Waals surface area contributed by atoms with Gasteiger partial charge in [-0.25, -0.2) is 9.59 Å². The molecule has 0 radical (unpaired) electrons. The summed E-state index contributed by atoms with van der Waals surface area (Å²) in [6, 6.07) is 20.3. The minimum Gasteiger partial charge on any atom is -0.462 e. The molecular weight excluding hydrogens is 462 g/mol. The number of carbonyl (C=O) groups is 2. The number of nitrogens with one attached hydrogen (secondary N) is 2. The number of H-pyrrole nitrogens is 1. The largest absolute Gasteiger partial charge is 0.462 e. The van der Waals surface area contributed by atoms with Gasteiger partial charge < -0.3 is 19.9 Å². The van der Waals surface area contributed by atoms with Gasteiger partial charge in [-0.3, -0.25) is 0 Å². The summed E-state index contributed by atoms with van der Waals surface area (Å²) >= 11 is 6.29. The fourth-order valence-corrected chi connectivity index (χ4v) is 4.88. The zero-order valence-corrected chi connectivity index (χ0v) is 20.4. The Morgan fingerprint density at radius 3 is 2.69 bits per heavy atom. The number of carbonyl (C=O) groups excluding carboxylic acids is 2. The molecule has 3 aromatic carbocycles. The van der Waals surface area contributed by atoms with Crippen LogP contribution in [0.15, 0.2) is 66.7 Å². The van der Waals surface area contributed by atoms with Crippen LogP contribution >= 0.6 is 11.6 Å². The quantitative estimate of drug-likeness (QED) is 0.323. The molecule has 0 fully saturated rings. The average Bonchev–Trinajstić information content (AvgIpc) is 3.22. The number of hydrogen-bond acceptors (Lipinski definition) is 3. The Morgan fingerprint density at radius 1 is 1.11 bits per heavy atom. The minimum atomic E-state index is -0.416. The maximum Gasteiger partial charge on any atom is 0.338 e. The molecule has 0 bridgehead atoms. The van der Waals surface area contributed by atoms with Gasteiger partial charge in [0, 0.05) is 33.9 Å². The Hall–Kier alpha value is -3.77. The first-order valence-electron chi connectivity index (χ1n) is 11.7. The normalized spacial score (nSPS) is 15.1. The first kappa shape index (κ1) is 23.0. The van der Waals surface area contributed by atoms with Gasteiger partial charge in [0.15, 0.2) is 0 Å². The molecule has 0 aliphatic carbocycles. The van der Waals surface area contributed by atoms with E-state index in [1.54, 1.807) is 31.2 Å². The number of amides is 2. The molecule has 2 amide bonds. The Balaban J connectivity index is 1.51. The van der Waals surface area contributed by atoms with Gasteiger partial charge in [0.1, 0.15) is 0 Å². The highest BCUT2D eigenvalue weighted by molar-refractivity contribution is 6.31. The number of rotatable bonds is 4. The Morgan fingerprint density at radius 2 is 1.91 bits per heavy atom. The molecule has 2 heterocycles. The SMILES string of the molecule is CCOC(=O)c1cccc(NC(=O)N2CCc3c([nH]c4ccc(Cl)cc34)C2c2ccc(C)cc2)c1. The van der Waals surface area contributed by atoms with Crippen LogP contribution in [-0.2, 0) is 11.2 Å². The number of nitrogens with zero attached hydrogens (tertiary/aromatic N) is 1. The summed E-state index contributed by atoms with van der Waals surface area (Å²) in [6.45, 7) is 4.63. The summed E-state index contributed by atoms with van der Waals surface area (Å²) in [5.41, 5.74) is 6.28. The summed E-state index contributed by atoms with van der Waals surface area (Å²) < 4.78 is 5.09. The highest BCUT2D eigenvalue weighted by Gasteiger charge is 2.34. The van der Waals surface area contributed by atoms with Crippen molar-refractivity contribution >= 4 is 40.2 Å². The monoisotopic (exact) mass is 487 g/mol. The molecule has 35 heavy (non-hydrogen) atoms. The number of aryl methyl sites for hydroxylation is 1. The Labute approximate surface area is 208 Å². The van der Waals surface area contributed by atoms with E-state index in [0.29, 0.717) is 35.8 Å². The van der Waals surface area contributed by atoms with Gasteiger partial charge >= 0.3 is 12.0 Å². The summed E-state index contributed by atoms with van der Waals surface area (Å²) in [6.07, 6.45) is 0.703. The topological polar surface area (TPSA) is 74.4 Å². The molecule has 0 spiro atoms. The van der Waals surface area contributed by atoms with E-state index in [1.165, 1.54) is 5.56 Å². The number of ether oxygens (including phenoxy) is 1. The van der Waals surface area contributed by atoms with Gasteiger partial charge in [-0.15, -0.1) is 0 Å². The van der Waals surface area contributed by atoms with Crippen LogP contribution in [0.1, 0.15) is 45.7 Å². The van der Waals surface area contributed by atoms with Crippen LogP contribution in [0.5, 0.6) is 0 Å². The molecule has 5 rings (SSSR count). The van der Waals surface area contributed by atoms with E-state index in [0.717, 1.165) is 27.7 Å². The number of anilines is 1. The second-order valence-electron chi connectivity index (χ2n) is 8.70. The highest BCUT2D eigenvalue weighted by Crippen LogP contribution is 2.39. The maximum atomic E-state index is 13.6. The van der Waals surface area contributed by atoms with Crippen molar-refractivity contribution in [1.29, 1.82) is 0 Å². The van der Waals surface area contributed by atoms with Gasteiger partial charge in [-0.2, -0.15) is 0 Å². The third kappa shape index (κ3) is 4.49. The predicted molar refractivity (Wildman–Crippen MR) is 138 cm³/mol. The minimum absolute atomic E-state index is 0.237. The Bertz CT molecular complexity index is 1410. The molecule has 2 N–H and O–H groups in total. The van der Waals surface area contributed by atoms with Crippen molar-refractivity contribution in [2.45, 2.75) is 26.3 Å². The predicted octanol–water partition coefficient (Wildman–Crippen LogP) is 6.49. The van der Waals surface area contributed by atoms with Gasteiger partial charge in [-0.1, -0.05) is 47.5 Å². The van der Waals surface area contributed by atoms with Crippen LogP contribution in [0, 0.1) is 6.92 Å². The van der Waals surface area contributed by atoms with E-state index in [2.05, 4.69) is 34.6 Å². The maximum absolute atomic E-state index is 13.6. The molecule has 0 saturated carbocycles. The van der Waals surface area contributed by atoms with Gasteiger partial charge in [-0.05, 0) is 67.8 Å². The molecule has 0 saturated heterocycles. The molecule has 178 valence electrons. The molecule has 1 aliphatic rings. The van der Waals surface area contributed by atoms with Crippen molar-refractivity contribution in [1.82, 2.24) is 9.88 Å². The lowest BCUT2D eigenvalue weighted by molar-refractivity contribution is 0.0526. The standard InChI is InChI=1S/C28H26ClN3O3/c1-3-35-27(33)19-5-4-6-21(15-19)30-28(34)32-14-13-22-23-16-20(29)11-12-24(23)31-25(22)26(32)18-9-7-17(2)8-10-18/h4-12,15-16,26,31H,3,13-14H2,1-2H3,(H,30,34). The van der Waals surface area contributed by atoms with Crippen molar-refractivity contribution in [2.24, 2.45) is 0 Å². The summed E-state index contributed by atoms with van der Waals surface area (Å²) in [7, 11) is 0. The number of hydrogen-bond donors (Lipinski definition) is 2. The summed E-state index contributed by atoms with van der Waals surface area (Å²) in [4.78, 5) is 31.1. The molecule has 1 aliphatic heterocycles.